The Morgan fingerprint density at radius 1 is 1.42 bits per heavy atom. The van der Waals surface area contributed by atoms with Crippen molar-refractivity contribution in [3.8, 4) is 0 Å². The summed E-state index contributed by atoms with van der Waals surface area (Å²) in [5.74, 6) is 0.525. The van der Waals surface area contributed by atoms with Crippen LogP contribution in [0.2, 0.25) is 0 Å². The predicted molar refractivity (Wildman–Crippen MR) is 78.0 cm³/mol. The van der Waals surface area contributed by atoms with Gasteiger partial charge in [0.1, 0.15) is 6.04 Å². The monoisotopic (exact) mass is 291 g/mol. The Morgan fingerprint density at radius 2 is 2.05 bits per heavy atom. The third-order valence-electron chi connectivity index (χ3n) is 2.77. The van der Waals surface area contributed by atoms with Crippen molar-refractivity contribution in [1.82, 2.24) is 10.6 Å². The number of hydrogen-bond acceptors (Lipinski definition) is 4. The van der Waals surface area contributed by atoms with Crippen molar-refractivity contribution in [3.05, 3.63) is 0 Å². The summed E-state index contributed by atoms with van der Waals surface area (Å²) in [4.78, 5) is 22.9. The lowest BCUT2D eigenvalue weighted by Gasteiger charge is -2.25. The minimum atomic E-state index is -0.698. The van der Waals surface area contributed by atoms with E-state index in [1.165, 1.54) is 0 Å². The molecule has 0 rings (SSSR count). The van der Waals surface area contributed by atoms with Gasteiger partial charge in [0.15, 0.2) is 0 Å². The van der Waals surface area contributed by atoms with Crippen molar-refractivity contribution < 1.29 is 14.7 Å². The molecule has 0 spiro atoms. The second kappa shape index (κ2) is 9.03. The van der Waals surface area contributed by atoms with Gasteiger partial charge in [-0.2, -0.15) is 11.8 Å². The maximum atomic E-state index is 12.0. The van der Waals surface area contributed by atoms with Gasteiger partial charge in [0.05, 0.1) is 0 Å². The average Bonchev–Trinajstić information content (AvgIpc) is 2.31. The molecule has 0 bridgehead atoms. The van der Waals surface area contributed by atoms with Gasteiger partial charge in [-0.1, -0.05) is 13.8 Å². The van der Waals surface area contributed by atoms with Crippen molar-refractivity contribution in [3.63, 3.8) is 0 Å². The Kier molecular flexibility index (Phi) is 8.58. The van der Waals surface area contributed by atoms with Gasteiger partial charge in [-0.05, 0) is 30.3 Å². The minimum absolute atomic E-state index is 0.0817. The maximum absolute atomic E-state index is 12.0. The van der Waals surface area contributed by atoms with Crippen molar-refractivity contribution in [2.45, 2.75) is 32.7 Å². The Hall–Kier alpha value is -0.950. The number of rotatable bonds is 9. The van der Waals surface area contributed by atoms with Gasteiger partial charge in [0.2, 0.25) is 5.91 Å². The van der Waals surface area contributed by atoms with Gasteiger partial charge < -0.3 is 21.5 Å². The Labute approximate surface area is 118 Å². The fourth-order valence-electron chi connectivity index (χ4n) is 1.52. The molecule has 0 aromatic heterocycles. The molecule has 0 aliphatic carbocycles. The highest BCUT2D eigenvalue weighted by molar-refractivity contribution is 7.98. The van der Waals surface area contributed by atoms with Crippen LogP contribution >= 0.6 is 11.8 Å². The molecule has 0 radical (unpaired) electrons. The zero-order valence-corrected chi connectivity index (χ0v) is 12.7. The van der Waals surface area contributed by atoms with Crippen LogP contribution in [0.25, 0.3) is 0 Å². The van der Waals surface area contributed by atoms with E-state index >= 15 is 0 Å². The van der Waals surface area contributed by atoms with Crippen LogP contribution in [-0.4, -0.2) is 48.2 Å². The van der Waals surface area contributed by atoms with Crippen LogP contribution in [0.5, 0.6) is 0 Å². The SMILES string of the molecule is CSCCC(NC(N)=O)C(=O)NCC(C)(C)CCO. The molecule has 1 atom stereocenters. The molecule has 0 aromatic rings. The maximum Gasteiger partial charge on any atom is 0.312 e. The number of hydrogen-bond donors (Lipinski definition) is 4. The van der Waals surface area contributed by atoms with E-state index in [1.54, 1.807) is 11.8 Å². The number of primary amides is 1. The summed E-state index contributed by atoms with van der Waals surface area (Å²) < 4.78 is 0. The van der Waals surface area contributed by atoms with Crippen molar-refractivity contribution >= 4 is 23.7 Å². The molecule has 0 aliphatic heterocycles. The molecule has 19 heavy (non-hydrogen) atoms. The predicted octanol–water partition coefficient (Wildman–Crippen LogP) is 0.301. The van der Waals surface area contributed by atoms with Crippen LogP contribution in [0.15, 0.2) is 0 Å². The lowest BCUT2D eigenvalue weighted by atomic mass is 9.89. The molecule has 0 saturated carbocycles. The van der Waals surface area contributed by atoms with Gasteiger partial charge in [-0.25, -0.2) is 4.79 Å². The third-order valence-corrected chi connectivity index (χ3v) is 3.42. The smallest absolute Gasteiger partial charge is 0.312 e. The highest BCUT2D eigenvalue weighted by atomic mass is 32.2. The summed E-state index contributed by atoms with van der Waals surface area (Å²) in [6, 6.07) is -1.30. The number of thioether (sulfide) groups is 1. The second-order valence-corrected chi connectivity index (χ2v) is 6.18. The van der Waals surface area contributed by atoms with E-state index in [-0.39, 0.29) is 17.9 Å². The van der Waals surface area contributed by atoms with Gasteiger partial charge in [-0.3, -0.25) is 4.79 Å². The normalized spacial score (nSPS) is 12.8. The van der Waals surface area contributed by atoms with E-state index < -0.39 is 12.1 Å². The van der Waals surface area contributed by atoms with Crippen LogP contribution in [0.1, 0.15) is 26.7 Å². The van der Waals surface area contributed by atoms with Gasteiger partial charge in [0, 0.05) is 13.2 Å². The van der Waals surface area contributed by atoms with Crippen LogP contribution in [0.4, 0.5) is 4.79 Å². The standard InChI is InChI=1S/C12H25N3O3S/c1-12(2,5-6-16)8-14-10(17)9(4-7-19-3)15-11(13)18/h9,16H,4-8H2,1-3H3,(H,14,17)(H3,13,15,18). The topological polar surface area (TPSA) is 104 Å². The lowest BCUT2D eigenvalue weighted by molar-refractivity contribution is -0.123. The molecule has 6 nitrogen and oxygen atoms in total. The minimum Gasteiger partial charge on any atom is -0.396 e. The summed E-state index contributed by atoms with van der Waals surface area (Å²) in [6.07, 6.45) is 3.08. The number of carbonyl (C=O) groups is 2. The van der Waals surface area contributed by atoms with Crippen LogP contribution in [0, 0.1) is 5.41 Å². The van der Waals surface area contributed by atoms with E-state index in [0.29, 0.717) is 19.4 Å². The number of aliphatic hydroxyl groups excluding tert-OH is 1. The lowest BCUT2D eigenvalue weighted by Crippen LogP contribution is -2.50. The summed E-state index contributed by atoms with van der Waals surface area (Å²) in [5, 5.41) is 14.2. The summed E-state index contributed by atoms with van der Waals surface area (Å²) in [7, 11) is 0. The zero-order valence-electron chi connectivity index (χ0n) is 11.9. The largest absolute Gasteiger partial charge is 0.396 e. The fraction of sp³-hybridized carbons (Fsp3) is 0.833. The Bertz CT molecular complexity index is 298. The molecule has 0 saturated heterocycles. The summed E-state index contributed by atoms with van der Waals surface area (Å²) in [5.41, 5.74) is 4.88. The van der Waals surface area contributed by atoms with E-state index in [9.17, 15) is 9.59 Å². The molecule has 0 fully saturated rings. The quantitative estimate of drug-likeness (QED) is 0.490. The first-order valence-corrected chi connectivity index (χ1v) is 7.65. The fourth-order valence-corrected chi connectivity index (χ4v) is 1.99. The number of nitrogens with two attached hydrogens (primary N) is 1. The summed E-state index contributed by atoms with van der Waals surface area (Å²) in [6.45, 7) is 4.45. The van der Waals surface area contributed by atoms with Crippen molar-refractivity contribution in [1.29, 1.82) is 0 Å². The molecule has 0 heterocycles. The Morgan fingerprint density at radius 3 is 2.53 bits per heavy atom. The highest BCUT2D eigenvalue weighted by Crippen LogP contribution is 2.18. The number of nitrogens with one attached hydrogen (secondary N) is 2. The summed E-state index contributed by atoms with van der Waals surface area (Å²) >= 11 is 1.60. The van der Waals surface area contributed by atoms with Gasteiger partial charge in [0.25, 0.3) is 0 Å². The first kappa shape index (κ1) is 18.0. The van der Waals surface area contributed by atoms with Crippen molar-refractivity contribution in [2.24, 2.45) is 11.1 Å². The molecule has 0 aromatic carbocycles. The highest BCUT2D eigenvalue weighted by Gasteiger charge is 2.23. The molecule has 1 unspecified atom stereocenters. The number of aliphatic hydroxyl groups is 1. The van der Waals surface area contributed by atoms with E-state index in [0.717, 1.165) is 5.75 Å². The molecule has 0 aliphatic rings. The molecular weight excluding hydrogens is 266 g/mol. The van der Waals surface area contributed by atoms with E-state index in [4.69, 9.17) is 10.8 Å². The molecule has 5 N–H and O–H groups in total. The van der Waals surface area contributed by atoms with Crippen LogP contribution in [0.3, 0.4) is 0 Å². The molecule has 3 amide bonds. The van der Waals surface area contributed by atoms with Crippen molar-refractivity contribution in [2.75, 3.05) is 25.2 Å². The van der Waals surface area contributed by atoms with Gasteiger partial charge in [-0.15, -0.1) is 0 Å². The third kappa shape index (κ3) is 8.72. The first-order chi connectivity index (χ1) is 8.82. The average molecular weight is 291 g/mol. The molecule has 7 heteroatoms. The number of carbonyl (C=O) groups excluding carboxylic acids is 2. The number of amides is 3. The molecule has 112 valence electrons. The second-order valence-electron chi connectivity index (χ2n) is 5.20. The first-order valence-electron chi connectivity index (χ1n) is 6.26. The van der Waals surface area contributed by atoms with E-state index in [2.05, 4.69) is 10.6 Å². The molecular formula is C12H25N3O3S. The van der Waals surface area contributed by atoms with Crippen LogP contribution in [-0.2, 0) is 4.79 Å². The van der Waals surface area contributed by atoms with Crippen LogP contribution < -0.4 is 16.4 Å². The number of urea groups is 1. The zero-order chi connectivity index (χ0) is 14.9. The van der Waals surface area contributed by atoms with E-state index in [1.807, 2.05) is 20.1 Å². The Balaban J connectivity index is 4.34. The van der Waals surface area contributed by atoms with Gasteiger partial charge >= 0.3 is 6.03 Å².